The average molecular weight is 391 g/mol. The van der Waals surface area contributed by atoms with E-state index in [0.29, 0.717) is 44.1 Å². The van der Waals surface area contributed by atoms with Crippen LogP contribution >= 0.6 is 0 Å². The first kappa shape index (κ1) is 19.6. The third-order valence-electron chi connectivity index (χ3n) is 4.74. The van der Waals surface area contributed by atoms with E-state index >= 15 is 0 Å². The number of carbonyl (C=O) groups is 1. The van der Waals surface area contributed by atoms with Crippen LogP contribution in [-0.4, -0.2) is 49.9 Å². The van der Waals surface area contributed by atoms with E-state index in [0.717, 1.165) is 11.1 Å². The second-order valence-corrected chi connectivity index (χ2v) is 8.64. The van der Waals surface area contributed by atoms with Crippen molar-refractivity contribution in [2.75, 3.05) is 26.3 Å². The van der Waals surface area contributed by atoms with Gasteiger partial charge in [0.15, 0.2) is 0 Å². The maximum Gasteiger partial charge on any atom is 0.268 e. The third-order valence-corrected chi connectivity index (χ3v) is 6.91. The standard InChI is InChI=1S/C19H25N3O4S/c1-13-4-6-16(7-5-13)12-20-19(23)17-14(2)18(15(3)21-17)27(24,25)22-8-10-26-11-9-22/h4-7,21H,8-12H2,1-3H3,(H,20,23). The summed E-state index contributed by atoms with van der Waals surface area (Å²) in [7, 11) is -3.67. The lowest BCUT2D eigenvalue weighted by atomic mass is 10.1. The number of aromatic amines is 1. The van der Waals surface area contributed by atoms with Crippen LogP contribution in [0.4, 0.5) is 0 Å². The van der Waals surface area contributed by atoms with E-state index in [1.165, 1.54) is 4.31 Å². The van der Waals surface area contributed by atoms with Crippen LogP contribution in [0.15, 0.2) is 29.2 Å². The predicted octanol–water partition coefficient (Wildman–Crippen LogP) is 1.89. The molecule has 0 unspecified atom stereocenters. The second-order valence-electron chi connectivity index (χ2n) is 6.76. The van der Waals surface area contributed by atoms with Crippen LogP contribution in [-0.2, 0) is 21.3 Å². The molecule has 146 valence electrons. The second kappa shape index (κ2) is 7.84. The topological polar surface area (TPSA) is 91.5 Å². The molecule has 0 spiro atoms. The molecule has 3 rings (SSSR count). The van der Waals surface area contributed by atoms with Crippen molar-refractivity contribution in [3.8, 4) is 0 Å². The molecular weight excluding hydrogens is 366 g/mol. The fourth-order valence-corrected chi connectivity index (χ4v) is 5.05. The van der Waals surface area contributed by atoms with Gasteiger partial charge in [0.05, 0.1) is 13.2 Å². The summed E-state index contributed by atoms with van der Waals surface area (Å²) in [5, 5.41) is 2.85. The van der Waals surface area contributed by atoms with Gasteiger partial charge in [0.25, 0.3) is 5.91 Å². The molecule has 2 heterocycles. The highest BCUT2D eigenvalue weighted by atomic mass is 32.2. The molecule has 27 heavy (non-hydrogen) atoms. The van der Waals surface area contributed by atoms with Gasteiger partial charge in [-0.1, -0.05) is 29.8 Å². The maximum atomic E-state index is 13.0. The molecule has 0 aliphatic carbocycles. The number of ether oxygens (including phenoxy) is 1. The summed E-state index contributed by atoms with van der Waals surface area (Å²) in [6, 6.07) is 7.88. The molecule has 0 atom stereocenters. The first-order valence-electron chi connectivity index (χ1n) is 8.91. The van der Waals surface area contributed by atoms with E-state index in [4.69, 9.17) is 4.74 Å². The Labute approximate surface area is 159 Å². The molecule has 1 amide bonds. The molecule has 0 radical (unpaired) electrons. The zero-order chi connectivity index (χ0) is 19.6. The summed E-state index contributed by atoms with van der Waals surface area (Å²) in [6.07, 6.45) is 0. The fourth-order valence-electron chi connectivity index (χ4n) is 3.24. The number of aryl methyl sites for hydroxylation is 2. The lowest BCUT2D eigenvalue weighted by molar-refractivity contribution is 0.0730. The minimum absolute atomic E-state index is 0.185. The molecule has 1 aromatic heterocycles. The number of sulfonamides is 1. The Morgan fingerprint density at radius 1 is 1.15 bits per heavy atom. The highest BCUT2D eigenvalue weighted by Gasteiger charge is 2.32. The molecule has 7 nitrogen and oxygen atoms in total. The van der Waals surface area contributed by atoms with Crippen LogP contribution in [0.3, 0.4) is 0 Å². The van der Waals surface area contributed by atoms with Gasteiger partial charge in [0.1, 0.15) is 10.6 Å². The lowest BCUT2D eigenvalue weighted by Gasteiger charge is -2.26. The zero-order valence-corrected chi connectivity index (χ0v) is 16.6. The summed E-state index contributed by atoms with van der Waals surface area (Å²) in [4.78, 5) is 15.7. The summed E-state index contributed by atoms with van der Waals surface area (Å²) in [5.41, 5.74) is 3.33. The van der Waals surface area contributed by atoms with Crippen molar-refractivity contribution in [1.82, 2.24) is 14.6 Å². The number of hydrogen-bond donors (Lipinski definition) is 2. The smallest absolute Gasteiger partial charge is 0.268 e. The Morgan fingerprint density at radius 3 is 2.41 bits per heavy atom. The highest BCUT2D eigenvalue weighted by molar-refractivity contribution is 7.89. The molecule has 1 saturated heterocycles. The normalized spacial score (nSPS) is 15.7. The van der Waals surface area contributed by atoms with E-state index in [-0.39, 0.29) is 16.5 Å². The van der Waals surface area contributed by atoms with Crippen molar-refractivity contribution >= 4 is 15.9 Å². The van der Waals surface area contributed by atoms with Crippen LogP contribution < -0.4 is 5.32 Å². The average Bonchev–Trinajstić information content (AvgIpc) is 2.96. The van der Waals surface area contributed by atoms with Gasteiger partial charge >= 0.3 is 0 Å². The third kappa shape index (κ3) is 4.07. The number of rotatable bonds is 5. The maximum absolute atomic E-state index is 13.0. The number of morpholine rings is 1. The summed E-state index contributed by atoms with van der Waals surface area (Å²) in [6.45, 7) is 7.13. The van der Waals surface area contributed by atoms with Crippen molar-refractivity contribution in [3.63, 3.8) is 0 Å². The first-order valence-corrected chi connectivity index (χ1v) is 10.4. The molecule has 2 N–H and O–H groups in total. The SMILES string of the molecule is Cc1ccc(CNC(=O)c2[nH]c(C)c(S(=O)(=O)N3CCOCC3)c2C)cc1. The van der Waals surface area contributed by atoms with Crippen LogP contribution in [0, 0.1) is 20.8 Å². The number of aromatic nitrogens is 1. The van der Waals surface area contributed by atoms with Crippen LogP contribution in [0.5, 0.6) is 0 Å². The van der Waals surface area contributed by atoms with E-state index in [1.807, 2.05) is 31.2 Å². The largest absolute Gasteiger partial charge is 0.379 e. The van der Waals surface area contributed by atoms with E-state index < -0.39 is 10.0 Å². The fraction of sp³-hybridized carbons (Fsp3) is 0.421. The monoisotopic (exact) mass is 391 g/mol. The molecule has 2 aromatic rings. The van der Waals surface area contributed by atoms with Crippen molar-refractivity contribution in [2.24, 2.45) is 0 Å². The highest BCUT2D eigenvalue weighted by Crippen LogP contribution is 2.27. The Kier molecular flexibility index (Phi) is 5.69. The minimum atomic E-state index is -3.67. The number of amides is 1. The van der Waals surface area contributed by atoms with Gasteiger partial charge in [0, 0.05) is 25.3 Å². The van der Waals surface area contributed by atoms with Gasteiger partial charge in [-0.05, 0) is 31.9 Å². The van der Waals surface area contributed by atoms with Crippen LogP contribution in [0.25, 0.3) is 0 Å². The zero-order valence-electron chi connectivity index (χ0n) is 15.8. The number of nitrogens with one attached hydrogen (secondary N) is 2. The van der Waals surface area contributed by atoms with Gasteiger partial charge in [-0.2, -0.15) is 4.31 Å². The number of carbonyl (C=O) groups excluding carboxylic acids is 1. The van der Waals surface area contributed by atoms with E-state index in [1.54, 1.807) is 13.8 Å². The molecule has 1 fully saturated rings. The summed E-state index contributed by atoms with van der Waals surface area (Å²) < 4.78 is 32.6. The van der Waals surface area contributed by atoms with E-state index in [9.17, 15) is 13.2 Å². The Morgan fingerprint density at radius 2 is 1.78 bits per heavy atom. The van der Waals surface area contributed by atoms with Crippen LogP contribution in [0.1, 0.15) is 32.9 Å². The number of benzene rings is 1. The van der Waals surface area contributed by atoms with Gasteiger partial charge in [-0.15, -0.1) is 0 Å². The van der Waals surface area contributed by atoms with E-state index in [2.05, 4.69) is 10.3 Å². The number of hydrogen-bond acceptors (Lipinski definition) is 4. The quantitative estimate of drug-likeness (QED) is 0.814. The molecule has 0 bridgehead atoms. The molecule has 1 aliphatic heterocycles. The molecule has 1 aliphatic rings. The molecular formula is C19H25N3O4S. The van der Waals surface area contributed by atoms with Crippen molar-refractivity contribution < 1.29 is 17.9 Å². The van der Waals surface area contributed by atoms with Gasteiger partial charge in [-0.25, -0.2) is 8.42 Å². The van der Waals surface area contributed by atoms with Gasteiger partial charge in [0.2, 0.25) is 10.0 Å². The van der Waals surface area contributed by atoms with Crippen molar-refractivity contribution in [2.45, 2.75) is 32.2 Å². The van der Waals surface area contributed by atoms with Gasteiger partial charge in [-0.3, -0.25) is 4.79 Å². The van der Waals surface area contributed by atoms with Gasteiger partial charge < -0.3 is 15.0 Å². The Balaban J connectivity index is 1.80. The molecule has 0 saturated carbocycles. The van der Waals surface area contributed by atoms with Crippen molar-refractivity contribution in [1.29, 1.82) is 0 Å². The molecule has 8 heteroatoms. The Hall–Kier alpha value is -2.16. The molecule has 1 aromatic carbocycles. The van der Waals surface area contributed by atoms with Crippen LogP contribution in [0.2, 0.25) is 0 Å². The Bertz CT molecular complexity index is 927. The predicted molar refractivity (Wildman–Crippen MR) is 102 cm³/mol. The summed E-state index contributed by atoms with van der Waals surface area (Å²) in [5.74, 6) is -0.320. The van der Waals surface area contributed by atoms with Crippen molar-refractivity contribution in [3.05, 3.63) is 52.3 Å². The lowest BCUT2D eigenvalue weighted by Crippen LogP contribution is -2.41. The summed E-state index contributed by atoms with van der Waals surface area (Å²) >= 11 is 0. The number of nitrogens with zero attached hydrogens (tertiary/aromatic N) is 1. The number of H-pyrrole nitrogens is 1. The minimum Gasteiger partial charge on any atom is -0.379 e. The first-order chi connectivity index (χ1) is 12.8.